The summed E-state index contributed by atoms with van der Waals surface area (Å²) in [6.07, 6.45) is -0.380. The lowest BCUT2D eigenvalue weighted by Crippen LogP contribution is -2.62. The quantitative estimate of drug-likeness (QED) is 0.231. The molecule has 2 saturated carbocycles. The maximum atomic E-state index is 14.2. The number of carbonyl (C=O) groups is 1. The summed E-state index contributed by atoms with van der Waals surface area (Å²) in [5, 5.41) is 14.0. The fraction of sp³-hybridized carbons (Fsp3) is 0.533. The van der Waals surface area contributed by atoms with Crippen molar-refractivity contribution in [1.29, 1.82) is 5.41 Å². The van der Waals surface area contributed by atoms with Crippen molar-refractivity contribution in [2.45, 2.75) is 81.8 Å². The molecule has 10 heteroatoms. The van der Waals surface area contributed by atoms with Gasteiger partial charge in [-0.2, -0.15) is 13.2 Å². The van der Waals surface area contributed by atoms with Gasteiger partial charge in [-0.15, -0.1) is 0 Å². The normalized spacial score (nSPS) is 25.3. The van der Waals surface area contributed by atoms with Gasteiger partial charge in [0.25, 0.3) is 5.91 Å². The summed E-state index contributed by atoms with van der Waals surface area (Å²) < 4.78 is 48.3. The highest BCUT2D eigenvalue weighted by molar-refractivity contribution is 6.10. The molecule has 2 fully saturated rings. The first-order valence-corrected chi connectivity index (χ1v) is 13.7. The third kappa shape index (κ3) is 4.80. The monoisotopic (exact) mass is 557 g/mol. The van der Waals surface area contributed by atoms with Crippen molar-refractivity contribution in [2.24, 2.45) is 0 Å². The number of ether oxygens (including phenoxy) is 1. The Morgan fingerprint density at radius 2 is 1.88 bits per heavy atom. The van der Waals surface area contributed by atoms with E-state index >= 15 is 0 Å². The van der Waals surface area contributed by atoms with Crippen molar-refractivity contribution >= 4 is 17.4 Å². The molecule has 1 amide bonds. The van der Waals surface area contributed by atoms with Gasteiger partial charge in [0, 0.05) is 44.5 Å². The van der Waals surface area contributed by atoms with Crippen molar-refractivity contribution in [3.63, 3.8) is 0 Å². The van der Waals surface area contributed by atoms with E-state index in [4.69, 9.17) is 10.1 Å². The SMILES string of the molecule is CNN(C)C(=N)C1(c2cccc(N3Cc4c(cc(CNC5(C)CCC5)cc4C(F)(F)F)C3=O)c2)CC(C)(OC)C1. The van der Waals surface area contributed by atoms with Crippen LogP contribution in [0.4, 0.5) is 18.9 Å². The number of fused-ring (bicyclic) bond motifs is 1. The molecule has 2 aliphatic carbocycles. The number of nitrogens with zero attached hydrogens (tertiary/aromatic N) is 2. The van der Waals surface area contributed by atoms with Crippen LogP contribution in [0, 0.1) is 5.41 Å². The lowest BCUT2D eigenvalue weighted by atomic mass is 9.55. The van der Waals surface area contributed by atoms with Crippen molar-refractivity contribution in [2.75, 3.05) is 26.1 Å². The van der Waals surface area contributed by atoms with E-state index in [0.29, 0.717) is 29.9 Å². The zero-order chi connectivity index (χ0) is 29.1. The zero-order valence-electron chi connectivity index (χ0n) is 23.8. The molecular formula is C30H38F3N5O2. The van der Waals surface area contributed by atoms with Gasteiger partial charge in [0.15, 0.2) is 0 Å². The second-order valence-corrected chi connectivity index (χ2v) is 12.1. The van der Waals surface area contributed by atoms with Gasteiger partial charge in [0.1, 0.15) is 5.84 Å². The summed E-state index contributed by atoms with van der Waals surface area (Å²) in [7, 11) is 5.16. The number of hydrogen-bond acceptors (Lipinski definition) is 5. The van der Waals surface area contributed by atoms with E-state index in [1.807, 2.05) is 19.1 Å². The number of carbonyl (C=O) groups excluding carboxylic acids is 1. The van der Waals surface area contributed by atoms with Crippen LogP contribution in [0.5, 0.6) is 0 Å². The first-order valence-electron chi connectivity index (χ1n) is 13.7. The minimum absolute atomic E-state index is 0.00878. The van der Waals surface area contributed by atoms with Gasteiger partial charge < -0.3 is 15.0 Å². The number of benzene rings is 2. The van der Waals surface area contributed by atoms with Gasteiger partial charge in [0.05, 0.1) is 23.1 Å². The Morgan fingerprint density at radius 1 is 1.18 bits per heavy atom. The van der Waals surface area contributed by atoms with Crippen molar-refractivity contribution < 1.29 is 22.7 Å². The van der Waals surface area contributed by atoms with Crippen LogP contribution in [-0.4, -0.2) is 49.1 Å². The number of halogens is 3. The van der Waals surface area contributed by atoms with Gasteiger partial charge in [-0.1, -0.05) is 12.1 Å². The molecule has 3 N–H and O–H groups in total. The first kappa shape index (κ1) is 28.6. The maximum Gasteiger partial charge on any atom is 0.416 e. The van der Waals surface area contributed by atoms with Crippen molar-refractivity contribution in [3.8, 4) is 0 Å². The van der Waals surface area contributed by atoms with Crippen LogP contribution in [0.3, 0.4) is 0 Å². The minimum Gasteiger partial charge on any atom is -0.378 e. The number of nitrogens with one attached hydrogen (secondary N) is 3. The predicted octanol–water partition coefficient (Wildman–Crippen LogP) is 5.38. The van der Waals surface area contributed by atoms with Crippen LogP contribution in [0.2, 0.25) is 0 Å². The molecule has 0 atom stereocenters. The van der Waals surface area contributed by atoms with E-state index in [9.17, 15) is 18.0 Å². The topological polar surface area (TPSA) is 80.7 Å². The Bertz CT molecular complexity index is 1330. The van der Waals surface area contributed by atoms with Gasteiger partial charge in [-0.25, -0.2) is 5.43 Å². The van der Waals surface area contributed by atoms with E-state index in [0.717, 1.165) is 24.8 Å². The minimum atomic E-state index is -4.58. The zero-order valence-corrected chi connectivity index (χ0v) is 23.8. The van der Waals surface area contributed by atoms with E-state index in [1.165, 1.54) is 11.0 Å². The second kappa shape index (κ2) is 9.85. The molecule has 0 aromatic heterocycles. The molecule has 0 unspecified atom stereocenters. The Morgan fingerprint density at radius 3 is 2.45 bits per heavy atom. The molecule has 2 aromatic rings. The molecule has 0 saturated heterocycles. The second-order valence-electron chi connectivity index (χ2n) is 12.1. The van der Waals surface area contributed by atoms with Crippen molar-refractivity contribution in [1.82, 2.24) is 15.8 Å². The summed E-state index contributed by atoms with van der Waals surface area (Å²) in [5.41, 5.74) is 3.00. The smallest absolute Gasteiger partial charge is 0.378 e. The molecule has 2 aromatic carbocycles. The lowest BCUT2D eigenvalue weighted by Gasteiger charge is -2.55. The van der Waals surface area contributed by atoms with Gasteiger partial charge in [-0.3, -0.25) is 15.2 Å². The van der Waals surface area contributed by atoms with Crippen LogP contribution in [0.1, 0.15) is 78.6 Å². The van der Waals surface area contributed by atoms with Gasteiger partial charge >= 0.3 is 6.18 Å². The van der Waals surface area contributed by atoms with Gasteiger partial charge in [0.2, 0.25) is 0 Å². The Kier molecular flexibility index (Phi) is 7.04. The highest BCUT2D eigenvalue weighted by Gasteiger charge is 2.57. The molecule has 5 rings (SSSR count). The average molecular weight is 558 g/mol. The van der Waals surface area contributed by atoms with Crippen LogP contribution in [0.15, 0.2) is 36.4 Å². The third-order valence-corrected chi connectivity index (χ3v) is 9.26. The lowest BCUT2D eigenvalue weighted by molar-refractivity contribution is -0.138. The molecular weight excluding hydrogens is 519 g/mol. The third-order valence-electron chi connectivity index (χ3n) is 9.26. The number of anilines is 1. The Labute approximate surface area is 233 Å². The standard InChI is InChI=1S/C30H38F3N5O2/c1-27(10-7-11-27)36-15-19-12-22-23(24(13-19)30(31,32)33)16-38(25(22)39)21-9-6-8-20(14-21)29(26(34)37(4)35-3)17-28(2,18-29)40-5/h6,8-9,12-14,34-36H,7,10-11,15-18H2,1-5H3. The number of rotatable bonds is 8. The molecule has 0 bridgehead atoms. The summed E-state index contributed by atoms with van der Waals surface area (Å²) in [4.78, 5) is 15.1. The number of hydrazine groups is 1. The van der Waals surface area contributed by atoms with Crippen LogP contribution >= 0.6 is 0 Å². The average Bonchev–Trinajstić information content (AvgIpc) is 3.23. The predicted molar refractivity (Wildman–Crippen MR) is 148 cm³/mol. The fourth-order valence-corrected chi connectivity index (χ4v) is 6.51. The number of alkyl halides is 3. The number of amides is 1. The van der Waals surface area contributed by atoms with E-state index in [-0.39, 0.29) is 29.8 Å². The molecule has 40 heavy (non-hydrogen) atoms. The molecule has 7 nitrogen and oxygen atoms in total. The van der Waals surface area contributed by atoms with Gasteiger partial charge in [-0.05, 0) is 86.9 Å². The molecule has 3 aliphatic rings. The summed E-state index contributed by atoms with van der Waals surface area (Å²) in [6, 6.07) is 10.1. The maximum absolute atomic E-state index is 14.2. The molecule has 216 valence electrons. The molecule has 1 heterocycles. The van der Waals surface area contributed by atoms with Crippen molar-refractivity contribution in [3.05, 3.63) is 64.2 Å². The Hall–Kier alpha value is -2.95. The first-order chi connectivity index (χ1) is 18.7. The van der Waals surface area contributed by atoms with Crippen LogP contribution in [0.25, 0.3) is 0 Å². The number of hydrogen-bond donors (Lipinski definition) is 3. The highest BCUT2D eigenvalue weighted by atomic mass is 19.4. The molecule has 0 spiro atoms. The molecule has 0 radical (unpaired) electrons. The number of amidine groups is 1. The summed E-state index contributed by atoms with van der Waals surface area (Å²) in [5.74, 6) is -0.0875. The summed E-state index contributed by atoms with van der Waals surface area (Å²) in [6.45, 7) is 4.19. The number of likely N-dealkylation sites (N-methyl/N-ethyl adjacent to an activating group) is 1. The van der Waals surface area contributed by atoms with E-state index < -0.39 is 28.7 Å². The molecule has 1 aliphatic heterocycles. The number of methoxy groups -OCH3 is 1. The largest absolute Gasteiger partial charge is 0.416 e. The van der Waals surface area contributed by atoms with Crippen LogP contribution in [-0.2, 0) is 29.4 Å². The summed E-state index contributed by atoms with van der Waals surface area (Å²) >= 11 is 0. The Balaban J connectivity index is 1.48. The van der Waals surface area contributed by atoms with Crippen LogP contribution < -0.4 is 15.6 Å². The van der Waals surface area contributed by atoms with E-state index in [2.05, 4.69) is 17.7 Å². The highest BCUT2D eigenvalue weighted by Crippen LogP contribution is 2.53. The fourth-order valence-electron chi connectivity index (χ4n) is 6.51. The van der Waals surface area contributed by atoms with E-state index in [1.54, 1.807) is 44.4 Å².